The second-order valence-corrected chi connectivity index (χ2v) is 5.47. The molecule has 0 bridgehead atoms. The summed E-state index contributed by atoms with van der Waals surface area (Å²) in [5, 5.41) is 11.9. The van der Waals surface area contributed by atoms with Gasteiger partial charge in [0.1, 0.15) is 5.75 Å². The van der Waals surface area contributed by atoms with Crippen LogP contribution in [-0.4, -0.2) is 29.8 Å². The van der Waals surface area contributed by atoms with Crippen LogP contribution in [0.25, 0.3) is 0 Å². The number of aryl methyl sites for hydroxylation is 2. The fourth-order valence-corrected chi connectivity index (χ4v) is 1.90. The maximum absolute atomic E-state index is 11.9. The lowest BCUT2D eigenvalue weighted by atomic mass is 9.95. The van der Waals surface area contributed by atoms with Crippen LogP contribution in [0, 0.1) is 13.8 Å². The summed E-state index contributed by atoms with van der Waals surface area (Å²) in [5.74, 6) is 0.532. The van der Waals surface area contributed by atoms with E-state index < -0.39 is 0 Å². The molecule has 0 aliphatic heterocycles. The van der Waals surface area contributed by atoms with Gasteiger partial charge in [0.25, 0.3) is 5.91 Å². The maximum atomic E-state index is 11.9. The number of carbonyl (C=O) groups excluding carboxylic acids is 1. The molecule has 1 aromatic carbocycles. The SMILES string of the molecule is CCC(C)(CCO)NC(=O)COc1ccc(C)c(C)c1. The molecular weight excluding hydrogens is 254 g/mol. The molecule has 0 aliphatic carbocycles. The van der Waals surface area contributed by atoms with Crippen LogP contribution < -0.4 is 10.1 Å². The van der Waals surface area contributed by atoms with E-state index in [2.05, 4.69) is 5.32 Å². The van der Waals surface area contributed by atoms with Gasteiger partial charge in [-0.05, 0) is 56.9 Å². The smallest absolute Gasteiger partial charge is 0.258 e. The van der Waals surface area contributed by atoms with E-state index in [1.54, 1.807) is 0 Å². The molecule has 1 rings (SSSR count). The van der Waals surface area contributed by atoms with Crippen molar-refractivity contribution in [2.24, 2.45) is 0 Å². The molecule has 0 spiro atoms. The highest BCUT2D eigenvalue weighted by atomic mass is 16.5. The van der Waals surface area contributed by atoms with Crippen molar-refractivity contribution in [1.29, 1.82) is 0 Å². The normalized spacial score (nSPS) is 13.7. The van der Waals surface area contributed by atoms with Crippen LogP contribution in [0.2, 0.25) is 0 Å². The monoisotopic (exact) mass is 279 g/mol. The molecule has 1 aromatic rings. The van der Waals surface area contributed by atoms with E-state index in [4.69, 9.17) is 9.84 Å². The Hall–Kier alpha value is -1.55. The molecular formula is C16H25NO3. The van der Waals surface area contributed by atoms with Gasteiger partial charge in [-0.15, -0.1) is 0 Å². The molecule has 0 radical (unpaired) electrons. The zero-order chi connectivity index (χ0) is 15.2. The summed E-state index contributed by atoms with van der Waals surface area (Å²) in [6.45, 7) is 8.01. The molecule has 0 saturated heterocycles. The zero-order valence-electron chi connectivity index (χ0n) is 12.8. The first-order valence-electron chi connectivity index (χ1n) is 7.02. The predicted octanol–water partition coefficient (Wildman–Crippen LogP) is 2.35. The quantitative estimate of drug-likeness (QED) is 0.805. The Morgan fingerprint density at radius 1 is 1.35 bits per heavy atom. The van der Waals surface area contributed by atoms with Crippen molar-refractivity contribution in [3.63, 3.8) is 0 Å². The van der Waals surface area contributed by atoms with Crippen molar-refractivity contribution in [3.8, 4) is 5.75 Å². The molecule has 4 heteroatoms. The van der Waals surface area contributed by atoms with Gasteiger partial charge >= 0.3 is 0 Å². The summed E-state index contributed by atoms with van der Waals surface area (Å²) in [5.41, 5.74) is 1.96. The van der Waals surface area contributed by atoms with Crippen LogP contribution in [0.5, 0.6) is 5.75 Å². The third kappa shape index (κ3) is 4.85. The molecule has 0 aliphatic rings. The number of aliphatic hydroxyl groups is 1. The summed E-state index contributed by atoms with van der Waals surface area (Å²) in [6, 6.07) is 5.77. The number of nitrogens with one attached hydrogen (secondary N) is 1. The summed E-state index contributed by atoms with van der Waals surface area (Å²) in [6.07, 6.45) is 1.31. The molecule has 112 valence electrons. The van der Waals surface area contributed by atoms with E-state index in [9.17, 15) is 4.79 Å². The molecule has 1 amide bonds. The fourth-order valence-electron chi connectivity index (χ4n) is 1.90. The van der Waals surface area contributed by atoms with E-state index in [1.807, 2.05) is 45.9 Å². The minimum Gasteiger partial charge on any atom is -0.484 e. The van der Waals surface area contributed by atoms with Gasteiger partial charge in [-0.1, -0.05) is 13.0 Å². The third-order valence-electron chi connectivity index (χ3n) is 3.73. The molecule has 0 heterocycles. The van der Waals surface area contributed by atoms with Gasteiger partial charge in [0, 0.05) is 12.1 Å². The Morgan fingerprint density at radius 2 is 2.05 bits per heavy atom. The second-order valence-electron chi connectivity index (χ2n) is 5.47. The first-order valence-corrected chi connectivity index (χ1v) is 7.02. The van der Waals surface area contributed by atoms with E-state index >= 15 is 0 Å². The first-order chi connectivity index (χ1) is 9.40. The van der Waals surface area contributed by atoms with Gasteiger partial charge in [-0.2, -0.15) is 0 Å². The fraction of sp³-hybridized carbons (Fsp3) is 0.562. The molecule has 0 saturated carbocycles. The van der Waals surface area contributed by atoms with Crippen LogP contribution in [0.15, 0.2) is 18.2 Å². The number of carbonyl (C=O) groups is 1. The lowest BCUT2D eigenvalue weighted by Gasteiger charge is -2.28. The zero-order valence-corrected chi connectivity index (χ0v) is 12.8. The largest absolute Gasteiger partial charge is 0.484 e. The van der Waals surface area contributed by atoms with E-state index in [0.717, 1.165) is 12.0 Å². The Bertz CT molecular complexity index is 459. The Balaban J connectivity index is 2.52. The standard InChI is InChI=1S/C16H25NO3/c1-5-16(4,8-9-18)17-15(19)11-20-14-7-6-12(2)13(3)10-14/h6-7,10,18H,5,8-9,11H2,1-4H3,(H,17,19). The van der Waals surface area contributed by atoms with E-state index in [0.29, 0.717) is 12.2 Å². The van der Waals surface area contributed by atoms with Gasteiger partial charge in [-0.25, -0.2) is 0 Å². The van der Waals surface area contributed by atoms with Crippen molar-refractivity contribution in [2.75, 3.05) is 13.2 Å². The second kappa shape index (κ2) is 7.29. The molecule has 4 nitrogen and oxygen atoms in total. The highest BCUT2D eigenvalue weighted by Gasteiger charge is 2.23. The summed E-state index contributed by atoms with van der Waals surface area (Å²) >= 11 is 0. The number of hydrogen-bond acceptors (Lipinski definition) is 3. The highest BCUT2D eigenvalue weighted by Crippen LogP contribution is 2.17. The van der Waals surface area contributed by atoms with Crippen molar-refractivity contribution in [1.82, 2.24) is 5.32 Å². The van der Waals surface area contributed by atoms with Gasteiger partial charge in [0.2, 0.25) is 0 Å². The number of hydrogen-bond donors (Lipinski definition) is 2. The van der Waals surface area contributed by atoms with Crippen LogP contribution in [0.4, 0.5) is 0 Å². The average Bonchev–Trinajstić information content (AvgIpc) is 2.40. The lowest BCUT2D eigenvalue weighted by Crippen LogP contribution is -2.47. The Kier molecular flexibility index (Phi) is 6.02. The molecule has 0 fully saturated rings. The minimum absolute atomic E-state index is 0.0104. The van der Waals surface area contributed by atoms with Crippen molar-refractivity contribution >= 4 is 5.91 Å². The van der Waals surface area contributed by atoms with Gasteiger partial charge < -0.3 is 15.2 Å². The number of ether oxygens (including phenoxy) is 1. The predicted molar refractivity (Wildman–Crippen MR) is 80.0 cm³/mol. The van der Waals surface area contributed by atoms with Crippen LogP contribution >= 0.6 is 0 Å². The topological polar surface area (TPSA) is 58.6 Å². The average molecular weight is 279 g/mol. The van der Waals surface area contributed by atoms with Crippen LogP contribution in [-0.2, 0) is 4.79 Å². The molecule has 1 unspecified atom stereocenters. The lowest BCUT2D eigenvalue weighted by molar-refractivity contribution is -0.125. The van der Waals surface area contributed by atoms with Crippen molar-refractivity contribution < 1.29 is 14.6 Å². The van der Waals surface area contributed by atoms with Gasteiger partial charge in [-0.3, -0.25) is 4.79 Å². The molecule has 20 heavy (non-hydrogen) atoms. The first kappa shape index (κ1) is 16.5. The van der Waals surface area contributed by atoms with Gasteiger partial charge in [0.05, 0.1) is 0 Å². The number of aliphatic hydroxyl groups excluding tert-OH is 1. The van der Waals surface area contributed by atoms with Crippen LogP contribution in [0.1, 0.15) is 37.8 Å². The van der Waals surface area contributed by atoms with Gasteiger partial charge in [0.15, 0.2) is 6.61 Å². The third-order valence-corrected chi connectivity index (χ3v) is 3.73. The molecule has 0 aromatic heterocycles. The Morgan fingerprint density at radius 3 is 2.60 bits per heavy atom. The Labute approximate surface area is 121 Å². The number of rotatable bonds is 7. The summed E-state index contributed by atoms with van der Waals surface area (Å²) in [4.78, 5) is 11.9. The van der Waals surface area contributed by atoms with E-state index in [1.165, 1.54) is 5.56 Å². The number of benzene rings is 1. The summed E-state index contributed by atoms with van der Waals surface area (Å²) < 4.78 is 5.50. The molecule has 1 atom stereocenters. The van der Waals surface area contributed by atoms with Crippen LogP contribution in [0.3, 0.4) is 0 Å². The molecule has 2 N–H and O–H groups in total. The summed E-state index contributed by atoms with van der Waals surface area (Å²) in [7, 11) is 0. The van der Waals surface area contributed by atoms with Crippen molar-refractivity contribution in [2.45, 2.75) is 46.1 Å². The van der Waals surface area contributed by atoms with E-state index in [-0.39, 0.29) is 24.7 Å². The highest BCUT2D eigenvalue weighted by molar-refractivity contribution is 5.78. The van der Waals surface area contributed by atoms with Crippen molar-refractivity contribution in [3.05, 3.63) is 29.3 Å². The number of amides is 1. The maximum Gasteiger partial charge on any atom is 0.258 e. The minimum atomic E-state index is -0.377.